The normalized spacial score (nSPS) is 15.9. The Balaban J connectivity index is 1.70. The van der Waals surface area contributed by atoms with Crippen molar-refractivity contribution in [2.45, 2.75) is 39.0 Å². The Bertz CT molecular complexity index is 968. The second-order valence-electron chi connectivity index (χ2n) is 8.15. The molecule has 0 aliphatic carbocycles. The lowest BCUT2D eigenvalue weighted by Crippen LogP contribution is -2.50. The smallest absolute Gasteiger partial charge is 0.408 e. The molecule has 0 spiro atoms. The van der Waals surface area contributed by atoms with E-state index in [4.69, 9.17) is 14.2 Å². The molecule has 0 bridgehead atoms. The molecule has 1 aliphatic heterocycles. The molecule has 8 heteroatoms. The fourth-order valence-electron chi connectivity index (χ4n) is 2.99. The summed E-state index contributed by atoms with van der Waals surface area (Å²) in [6.45, 7) is 5.25. The van der Waals surface area contributed by atoms with Crippen molar-refractivity contribution in [3.63, 3.8) is 0 Å². The van der Waals surface area contributed by atoms with Gasteiger partial charge in [0.1, 0.15) is 30.6 Å². The number of amides is 2. The molecule has 0 radical (unpaired) electrons. The zero-order valence-electron chi connectivity index (χ0n) is 18.0. The lowest BCUT2D eigenvalue weighted by atomic mass is 10.1. The van der Waals surface area contributed by atoms with Crippen LogP contribution in [0.3, 0.4) is 0 Å². The Morgan fingerprint density at radius 2 is 1.87 bits per heavy atom. The van der Waals surface area contributed by atoms with Crippen molar-refractivity contribution in [3.05, 3.63) is 59.7 Å². The van der Waals surface area contributed by atoms with E-state index in [9.17, 15) is 14.4 Å². The Hall–Kier alpha value is -3.55. The molecule has 0 unspecified atom stereocenters. The van der Waals surface area contributed by atoms with Crippen LogP contribution in [0.4, 0.5) is 10.5 Å². The number of hydrogen-bond donors (Lipinski definition) is 1. The van der Waals surface area contributed by atoms with Gasteiger partial charge in [0.05, 0.1) is 11.3 Å². The molecule has 2 aromatic rings. The van der Waals surface area contributed by atoms with Gasteiger partial charge >= 0.3 is 12.1 Å². The number of alkyl carbamates (subject to hydrolysis) is 1. The Labute approximate surface area is 181 Å². The fourth-order valence-corrected chi connectivity index (χ4v) is 2.99. The first-order chi connectivity index (χ1) is 14.6. The summed E-state index contributed by atoms with van der Waals surface area (Å²) in [5, 5.41) is 2.54. The minimum absolute atomic E-state index is 0.0993. The van der Waals surface area contributed by atoms with Gasteiger partial charge in [-0.3, -0.25) is 4.79 Å². The van der Waals surface area contributed by atoms with Gasteiger partial charge in [-0.2, -0.15) is 0 Å². The number of ether oxygens (including phenoxy) is 3. The summed E-state index contributed by atoms with van der Waals surface area (Å²) in [6.07, 6.45) is -0.709. The summed E-state index contributed by atoms with van der Waals surface area (Å²) in [4.78, 5) is 38.7. The number of fused-ring (bicyclic) bond motifs is 1. The van der Waals surface area contributed by atoms with Crippen LogP contribution < -0.4 is 15.0 Å². The third-order valence-electron chi connectivity index (χ3n) is 4.49. The molecule has 1 N–H and O–H groups in total. The first-order valence-electron chi connectivity index (χ1n) is 9.89. The van der Waals surface area contributed by atoms with Crippen LogP contribution in [0.1, 0.15) is 36.7 Å². The van der Waals surface area contributed by atoms with Crippen LogP contribution in [0.5, 0.6) is 5.75 Å². The van der Waals surface area contributed by atoms with E-state index in [2.05, 4.69) is 5.32 Å². The molecule has 2 amide bonds. The van der Waals surface area contributed by atoms with Crippen LogP contribution in [0, 0.1) is 0 Å². The average Bonchev–Trinajstić information content (AvgIpc) is 2.83. The van der Waals surface area contributed by atoms with Crippen LogP contribution in [0.25, 0.3) is 0 Å². The van der Waals surface area contributed by atoms with Gasteiger partial charge in [-0.25, -0.2) is 9.59 Å². The second-order valence-corrected chi connectivity index (χ2v) is 8.15. The summed E-state index contributed by atoms with van der Waals surface area (Å²) in [5.74, 6) is -0.514. The van der Waals surface area contributed by atoms with Crippen molar-refractivity contribution in [1.82, 2.24) is 5.32 Å². The highest BCUT2D eigenvalue weighted by atomic mass is 16.6. The number of likely N-dealkylation sites (N-methyl/N-ethyl adjacent to an activating group) is 1. The largest absolute Gasteiger partial charge is 0.489 e. The summed E-state index contributed by atoms with van der Waals surface area (Å²) in [6, 6.07) is 13.1. The molecule has 1 heterocycles. The highest BCUT2D eigenvalue weighted by Gasteiger charge is 2.32. The van der Waals surface area contributed by atoms with E-state index in [1.54, 1.807) is 40.0 Å². The van der Waals surface area contributed by atoms with Crippen LogP contribution >= 0.6 is 0 Å². The van der Waals surface area contributed by atoms with Crippen molar-refractivity contribution >= 4 is 23.7 Å². The minimum Gasteiger partial charge on any atom is -0.489 e. The SMILES string of the molecule is CN1C(=O)[C@@H](NC(=O)OC(C)(C)C)COc2cc(C(=O)OCc3ccccc3)ccc21. The number of carbonyl (C=O) groups excluding carboxylic acids is 3. The highest BCUT2D eigenvalue weighted by Crippen LogP contribution is 2.32. The van der Waals surface area contributed by atoms with Gasteiger partial charge in [-0.15, -0.1) is 0 Å². The van der Waals surface area contributed by atoms with Gasteiger partial charge in [0, 0.05) is 7.05 Å². The third kappa shape index (κ3) is 5.75. The summed E-state index contributed by atoms with van der Waals surface area (Å²) in [7, 11) is 1.58. The number of anilines is 1. The number of esters is 1. The van der Waals surface area contributed by atoms with Gasteiger partial charge in [-0.1, -0.05) is 30.3 Å². The predicted octanol–water partition coefficient (Wildman–Crippen LogP) is 3.29. The van der Waals surface area contributed by atoms with Gasteiger partial charge in [0.2, 0.25) is 0 Å². The van der Waals surface area contributed by atoms with E-state index in [-0.39, 0.29) is 19.1 Å². The first-order valence-corrected chi connectivity index (χ1v) is 9.89. The average molecular weight is 426 g/mol. The van der Waals surface area contributed by atoms with Crippen molar-refractivity contribution in [1.29, 1.82) is 0 Å². The number of hydrogen-bond acceptors (Lipinski definition) is 6. The predicted molar refractivity (Wildman–Crippen MR) is 114 cm³/mol. The Morgan fingerprint density at radius 1 is 1.16 bits per heavy atom. The maximum absolute atomic E-state index is 12.8. The number of rotatable bonds is 4. The standard InChI is InChI=1S/C23H26N2O6/c1-23(2,3)31-22(28)24-17-14-29-19-12-16(10-11-18(19)25(4)20(17)26)21(27)30-13-15-8-6-5-7-9-15/h5-12,17H,13-14H2,1-4H3,(H,24,28)/t17-/m0/s1. The molecule has 0 saturated carbocycles. The van der Waals surface area contributed by atoms with E-state index in [1.807, 2.05) is 30.3 Å². The molecule has 0 saturated heterocycles. The molecule has 8 nitrogen and oxygen atoms in total. The van der Waals surface area contributed by atoms with E-state index >= 15 is 0 Å². The summed E-state index contributed by atoms with van der Waals surface area (Å²) >= 11 is 0. The Morgan fingerprint density at radius 3 is 2.55 bits per heavy atom. The van der Waals surface area contributed by atoms with Crippen LogP contribution in [0.2, 0.25) is 0 Å². The molecule has 164 valence electrons. The highest BCUT2D eigenvalue weighted by molar-refractivity contribution is 6.01. The molecule has 3 rings (SSSR count). The fraction of sp³-hybridized carbons (Fsp3) is 0.348. The maximum Gasteiger partial charge on any atom is 0.408 e. The van der Waals surface area contributed by atoms with Crippen molar-refractivity contribution in [2.24, 2.45) is 0 Å². The van der Waals surface area contributed by atoms with E-state index < -0.39 is 23.7 Å². The van der Waals surface area contributed by atoms with Crippen molar-refractivity contribution in [3.8, 4) is 5.75 Å². The third-order valence-corrected chi connectivity index (χ3v) is 4.49. The molecule has 2 aromatic carbocycles. The van der Waals surface area contributed by atoms with E-state index in [0.717, 1.165) is 5.56 Å². The maximum atomic E-state index is 12.8. The van der Waals surface area contributed by atoms with Gasteiger partial charge in [0.25, 0.3) is 5.91 Å². The molecule has 1 atom stereocenters. The Kier molecular flexibility index (Phi) is 6.48. The summed E-state index contributed by atoms with van der Waals surface area (Å²) in [5.41, 5.74) is 0.971. The van der Waals surface area contributed by atoms with E-state index in [0.29, 0.717) is 17.0 Å². The minimum atomic E-state index is -0.930. The van der Waals surface area contributed by atoms with Crippen LogP contribution in [0.15, 0.2) is 48.5 Å². The number of carbonyl (C=O) groups is 3. The summed E-state index contributed by atoms with van der Waals surface area (Å²) < 4.78 is 16.3. The molecule has 1 aliphatic rings. The lowest BCUT2D eigenvalue weighted by molar-refractivity contribution is -0.120. The molecule has 0 aromatic heterocycles. The zero-order chi connectivity index (χ0) is 22.6. The van der Waals surface area contributed by atoms with E-state index in [1.165, 1.54) is 11.0 Å². The second kappa shape index (κ2) is 9.07. The molecular weight excluding hydrogens is 400 g/mol. The number of nitrogens with one attached hydrogen (secondary N) is 1. The van der Waals surface area contributed by atoms with Crippen molar-refractivity contribution < 1.29 is 28.6 Å². The molecule has 0 fully saturated rings. The van der Waals surface area contributed by atoms with Gasteiger partial charge in [-0.05, 0) is 44.5 Å². The van der Waals surface area contributed by atoms with Crippen LogP contribution in [-0.4, -0.2) is 43.3 Å². The first kappa shape index (κ1) is 22.1. The monoisotopic (exact) mass is 426 g/mol. The lowest BCUT2D eigenvalue weighted by Gasteiger charge is -2.23. The quantitative estimate of drug-likeness (QED) is 0.754. The zero-order valence-corrected chi connectivity index (χ0v) is 18.0. The van der Waals surface area contributed by atoms with Gasteiger partial charge in [0.15, 0.2) is 0 Å². The topological polar surface area (TPSA) is 94.2 Å². The van der Waals surface area contributed by atoms with Crippen LogP contribution in [-0.2, 0) is 20.9 Å². The molecule has 31 heavy (non-hydrogen) atoms. The van der Waals surface area contributed by atoms with Crippen molar-refractivity contribution in [2.75, 3.05) is 18.6 Å². The number of nitrogens with zero attached hydrogens (tertiary/aromatic N) is 1. The molecular formula is C23H26N2O6. The number of benzene rings is 2. The van der Waals surface area contributed by atoms with Gasteiger partial charge < -0.3 is 24.4 Å².